The average Bonchev–Trinajstić information content (AvgIpc) is 2.65. The first-order valence-corrected chi connectivity index (χ1v) is 9.23. The second kappa shape index (κ2) is 7.73. The number of carboxylic acid groups (broad SMARTS) is 1. The number of hydrogen-bond acceptors (Lipinski definition) is 5. The van der Waals surface area contributed by atoms with E-state index < -0.39 is 17.9 Å². The van der Waals surface area contributed by atoms with Crippen molar-refractivity contribution >= 4 is 29.5 Å². The molecule has 1 aromatic rings. The minimum Gasteiger partial charge on any atom is -0.477 e. The van der Waals surface area contributed by atoms with Gasteiger partial charge in [0.05, 0.1) is 13.0 Å². The number of β-lactam (4-membered cyclic amide) rings is 1. The van der Waals surface area contributed by atoms with Crippen molar-refractivity contribution in [1.82, 2.24) is 10.2 Å². The maximum atomic E-state index is 12.4. The zero-order chi connectivity index (χ0) is 19.6. The summed E-state index contributed by atoms with van der Waals surface area (Å²) in [4.78, 5) is 40.0. The molecular formula is C17H17N5O4S. The number of nitrogens with one attached hydrogen (secondary N) is 1. The molecule has 1 aromatic carbocycles. The number of nitrogens with zero attached hydrogens (tertiary/aromatic N) is 4. The van der Waals surface area contributed by atoms with Gasteiger partial charge in [-0.3, -0.25) is 14.5 Å². The van der Waals surface area contributed by atoms with Crippen LogP contribution < -0.4 is 5.32 Å². The Balaban J connectivity index is 1.60. The highest BCUT2D eigenvalue weighted by Crippen LogP contribution is 2.40. The highest BCUT2D eigenvalue weighted by Gasteiger charge is 2.53. The van der Waals surface area contributed by atoms with E-state index in [1.165, 1.54) is 16.7 Å². The van der Waals surface area contributed by atoms with Crippen molar-refractivity contribution in [3.63, 3.8) is 0 Å². The summed E-state index contributed by atoms with van der Waals surface area (Å²) in [5, 5.41) is 15.1. The number of hydrogen-bond donors (Lipinski definition) is 2. The van der Waals surface area contributed by atoms with Crippen LogP contribution in [0.2, 0.25) is 0 Å². The molecule has 0 aromatic heterocycles. The summed E-state index contributed by atoms with van der Waals surface area (Å²) in [6.45, 7) is 1.94. The molecule has 27 heavy (non-hydrogen) atoms. The molecule has 9 nitrogen and oxygen atoms in total. The van der Waals surface area contributed by atoms with E-state index in [1.807, 2.05) is 0 Å². The molecule has 2 amide bonds. The fourth-order valence-corrected chi connectivity index (χ4v) is 4.35. The lowest BCUT2D eigenvalue weighted by molar-refractivity contribution is -0.150. The maximum Gasteiger partial charge on any atom is 0.352 e. The first kappa shape index (κ1) is 18.8. The van der Waals surface area contributed by atoms with Gasteiger partial charge >= 0.3 is 5.97 Å². The van der Waals surface area contributed by atoms with Crippen LogP contribution in [0.3, 0.4) is 0 Å². The topological polar surface area (TPSA) is 135 Å². The fraction of sp³-hybridized carbons (Fsp3) is 0.353. The number of thioether (sulfide) groups is 1. The van der Waals surface area contributed by atoms with Crippen molar-refractivity contribution in [3.8, 4) is 0 Å². The fourth-order valence-electron chi connectivity index (χ4n) is 3.06. The number of aliphatic carboxylic acids is 1. The molecule has 1 saturated heterocycles. The third-order valence-electron chi connectivity index (χ3n) is 4.38. The molecule has 140 valence electrons. The van der Waals surface area contributed by atoms with E-state index >= 15 is 0 Å². The van der Waals surface area contributed by atoms with E-state index in [2.05, 4.69) is 15.3 Å². The summed E-state index contributed by atoms with van der Waals surface area (Å²) in [6.07, 6.45) is 0.101. The first-order valence-electron chi connectivity index (χ1n) is 8.18. The molecule has 0 bridgehead atoms. The number of azide groups is 1. The zero-order valence-electron chi connectivity index (χ0n) is 14.5. The molecule has 2 atom stereocenters. The molecule has 2 aliphatic heterocycles. The Labute approximate surface area is 159 Å². The molecule has 2 heterocycles. The highest BCUT2D eigenvalue weighted by atomic mass is 32.2. The zero-order valence-corrected chi connectivity index (χ0v) is 15.3. The van der Waals surface area contributed by atoms with Crippen molar-refractivity contribution in [2.24, 2.45) is 5.11 Å². The molecule has 0 saturated carbocycles. The predicted octanol–water partition coefficient (Wildman–Crippen LogP) is 1.80. The van der Waals surface area contributed by atoms with Crippen LogP contribution in [0, 0.1) is 0 Å². The second-order valence-corrected chi connectivity index (χ2v) is 7.38. The largest absolute Gasteiger partial charge is 0.477 e. The van der Waals surface area contributed by atoms with Crippen molar-refractivity contribution in [2.75, 3.05) is 5.75 Å². The second-order valence-electron chi connectivity index (χ2n) is 6.27. The van der Waals surface area contributed by atoms with Crippen LogP contribution >= 0.6 is 11.8 Å². The lowest BCUT2D eigenvalue weighted by Gasteiger charge is -2.49. The van der Waals surface area contributed by atoms with Gasteiger partial charge in [-0.2, -0.15) is 0 Å². The van der Waals surface area contributed by atoms with Gasteiger partial charge in [0.1, 0.15) is 17.1 Å². The van der Waals surface area contributed by atoms with Crippen LogP contribution in [-0.2, 0) is 27.3 Å². The van der Waals surface area contributed by atoms with Gasteiger partial charge in [-0.15, -0.1) is 11.8 Å². The summed E-state index contributed by atoms with van der Waals surface area (Å²) in [5.74, 6) is -1.33. The van der Waals surface area contributed by atoms with Gasteiger partial charge in [0.15, 0.2) is 0 Å². The summed E-state index contributed by atoms with van der Waals surface area (Å²) in [7, 11) is 0. The minimum absolute atomic E-state index is 0.0184. The Bertz CT molecular complexity index is 876. The lowest BCUT2D eigenvalue weighted by Crippen LogP contribution is -2.70. The van der Waals surface area contributed by atoms with Gasteiger partial charge in [0.2, 0.25) is 5.91 Å². The average molecular weight is 387 g/mol. The minimum atomic E-state index is -1.13. The highest BCUT2D eigenvalue weighted by molar-refractivity contribution is 8.00. The third-order valence-corrected chi connectivity index (χ3v) is 5.81. The van der Waals surface area contributed by atoms with Gasteiger partial charge in [0.25, 0.3) is 5.91 Å². The molecule has 2 N–H and O–H groups in total. The summed E-state index contributed by atoms with van der Waals surface area (Å²) >= 11 is 1.44. The van der Waals surface area contributed by atoms with Crippen molar-refractivity contribution in [1.29, 1.82) is 0 Å². The molecule has 0 radical (unpaired) electrons. The molecule has 3 rings (SSSR count). The Kier molecular flexibility index (Phi) is 5.38. The third kappa shape index (κ3) is 3.76. The van der Waals surface area contributed by atoms with E-state index in [4.69, 9.17) is 5.53 Å². The molecule has 2 unspecified atom stereocenters. The predicted molar refractivity (Wildman–Crippen MR) is 98.4 cm³/mol. The van der Waals surface area contributed by atoms with E-state index in [0.717, 1.165) is 11.1 Å². The van der Waals surface area contributed by atoms with E-state index in [1.54, 1.807) is 31.2 Å². The quantitative estimate of drug-likeness (QED) is 0.332. The summed E-state index contributed by atoms with van der Waals surface area (Å²) < 4.78 is 0. The Morgan fingerprint density at radius 2 is 2.04 bits per heavy atom. The number of fused-ring (bicyclic) bond motifs is 1. The van der Waals surface area contributed by atoms with Gasteiger partial charge in [-0.05, 0) is 29.2 Å². The summed E-state index contributed by atoms with van der Waals surface area (Å²) in [6, 6.07) is 6.37. The van der Waals surface area contributed by atoms with Gasteiger partial charge in [0, 0.05) is 10.7 Å². The first-order chi connectivity index (χ1) is 12.9. The van der Waals surface area contributed by atoms with Crippen LogP contribution in [0.1, 0.15) is 18.1 Å². The molecule has 10 heteroatoms. The smallest absolute Gasteiger partial charge is 0.352 e. The van der Waals surface area contributed by atoms with Crippen LogP contribution in [0.15, 0.2) is 40.6 Å². The number of carbonyl (C=O) groups is 3. The monoisotopic (exact) mass is 387 g/mol. The number of carbonyl (C=O) groups excluding carboxylic acids is 2. The van der Waals surface area contributed by atoms with E-state index in [0.29, 0.717) is 11.3 Å². The number of benzene rings is 1. The Morgan fingerprint density at radius 1 is 1.37 bits per heavy atom. The van der Waals surface area contributed by atoms with E-state index in [-0.39, 0.29) is 29.9 Å². The van der Waals surface area contributed by atoms with Crippen molar-refractivity contribution < 1.29 is 19.5 Å². The van der Waals surface area contributed by atoms with Crippen molar-refractivity contribution in [2.45, 2.75) is 31.3 Å². The number of rotatable bonds is 6. The Hall–Kier alpha value is -2.97. The van der Waals surface area contributed by atoms with Crippen molar-refractivity contribution in [3.05, 3.63) is 57.1 Å². The number of amides is 2. The maximum absolute atomic E-state index is 12.4. The van der Waals surface area contributed by atoms with Gasteiger partial charge in [-0.1, -0.05) is 29.4 Å². The summed E-state index contributed by atoms with van der Waals surface area (Å²) in [5.41, 5.74) is 10.6. The molecule has 1 fully saturated rings. The Morgan fingerprint density at radius 3 is 2.67 bits per heavy atom. The normalized spacial score (nSPS) is 21.1. The van der Waals surface area contributed by atoms with Crippen LogP contribution in [0.4, 0.5) is 0 Å². The van der Waals surface area contributed by atoms with Crippen LogP contribution in [0.25, 0.3) is 10.4 Å². The standard InChI is InChI=1S/C17H17N5O4S/c1-9-8-27-16-13(15(24)22(16)14(9)17(25)26)20-12(23)6-10-2-4-11(5-3-10)7-19-21-18/h2-5,13,16H,6-8H2,1H3,(H,20,23)(H,25,26). The van der Waals surface area contributed by atoms with Gasteiger partial charge < -0.3 is 10.4 Å². The molecule has 0 aliphatic carbocycles. The molecule has 0 spiro atoms. The van der Waals surface area contributed by atoms with Crippen LogP contribution in [-0.4, -0.2) is 45.0 Å². The lowest BCUT2D eigenvalue weighted by atomic mass is 10.0. The van der Waals surface area contributed by atoms with E-state index in [9.17, 15) is 19.5 Å². The SMILES string of the molecule is CC1=C(C(=O)O)N2C(=O)C(NC(=O)Cc3ccc(CN=[N+]=[N-])cc3)C2SC1. The number of carboxylic acids is 1. The van der Waals surface area contributed by atoms with Crippen LogP contribution in [0.5, 0.6) is 0 Å². The molecular weight excluding hydrogens is 370 g/mol. The molecule has 2 aliphatic rings. The van der Waals surface area contributed by atoms with Gasteiger partial charge in [-0.25, -0.2) is 4.79 Å².